The molecule has 0 radical (unpaired) electrons. The highest BCUT2D eigenvalue weighted by atomic mass is 32.2. The largest absolute Gasteiger partial charge is 0.356 e. The number of aliphatic imine (C=N–C) groups is 1. The van der Waals surface area contributed by atoms with Gasteiger partial charge in [-0.1, -0.05) is 13.8 Å². The Morgan fingerprint density at radius 2 is 1.83 bits per heavy atom. The van der Waals surface area contributed by atoms with Gasteiger partial charge in [0.25, 0.3) is 0 Å². The Labute approximate surface area is 111 Å². The van der Waals surface area contributed by atoms with Gasteiger partial charge in [0.1, 0.15) is 0 Å². The lowest BCUT2D eigenvalue weighted by Crippen LogP contribution is -2.39. The van der Waals surface area contributed by atoms with Gasteiger partial charge in [-0.15, -0.1) is 0 Å². The molecule has 6 nitrogen and oxygen atoms in total. The second kappa shape index (κ2) is 9.16. The van der Waals surface area contributed by atoms with E-state index < -0.39 is 10.0 Å². The van der Waals surface area contributed by atoms with E-state index in [2.05, 4.69) is 22.5 Å². The summed E-state index contributed by atoms with van der Waals surface area (Å²) >= 11 is 0. The summed E-state index contributed by atoms with van der Waals surface area (Å²) in [4.78, 5) is 4.07. The van der Waals surface area contributed by atoms with Gasteiger partial charge in [-0.05, 0) is 12.8 Å². The Bertz CT molecular complexity index is 341. The second-order valence-corrected chi connectivity index (χ2v) is 6.02. The van der Waals surface area contributed by atoms with Crippen molar-refractivity contribution in [2.24, 2.45) is 4.99 Å². The van der Waals surface area contributed by atoms with Crippen LogP contribution in [0.15, 0.2) is 4.99 Å². The van der Waals surface area contributed by atoms with Crippen LogP contribution in [0, 0.1) is 0 Å². The van der Waals surface area contributed by atoms with E-state index in [-0.39, 0.29) is 0 Å². The maximum atomic E-state index is 11.4. The molecule has 0 aliphatic rings. The van der Waals surface area contributed by atoms with Crippen molar-refractivity contribution < 1.29 is 8.42 Å². The quantitative estimate of drug-likeness (QED) is 0.379. The van der Waals surface area contributed by atoms with Crippen molar-refractivity contribution in [1.29, 1.82) is 0 Å². The molecule has 0 rings (SSSR count). The molecule has 0 atom stereocenters. The van der Waals surface area contributed by atoms with E-state index in [1.807, 2.05) is 6.92 Å². The predicted molar refractivity (Wildman–Crippen MR) is 76.4 cm³/mol. The predicted octanol–water partition coefficient (Wildman–Crippen LogP) is 0.233. The molecule has 0 aromatic heterocycles. The molecule has 0 saturated heterocycles. The highest BCUT2D eigenvalue weighted by molar-refractivity contribution is 7.88. The molecule has 18 heavy (non-hydrogen) atoms. The highest BCUT2D eigenvalue weighted by Gasteiger charge is 2.12. The van der Waals surface area contributed by atoms with Gasteiger partial charge in [0.2, 0.25) is 10.0 Å². The third kappa shape index (κ3) is 7.50. The number of hydrogen-bond donors (Lipinski definition) is 2. The fraction of sp³-hybridized carbons (Fsp3) is 0.909. The summed E-state index contributed by atoms with van der Waals surface area (Å²) in [6.07, 6.45) is 3.04. The minimum absolute atomic E-state index is 0.516. The number of guanidine groups is 1. The summed E-state index contributed by atoms with van der Waals surface area (Å²) in [5, 5.41) is 6.31. The van der Waals surface area contributed by atoms with E-state index in [1.54, 1.807) is 7.05 Å². The Morgan fingerprint density at radius 1 is 1.22 bits per heavy atom. The summed E-state index contributed by atoms with van der Waals surface area (Å²) < 4.78 is 24.2. The minimum Gasteiger partial charge on any atom is -0.356 e. The van der Waals surface area contributed by atoms with Crippen molar-refractivity contribution in [3.8, 4) is 0 Å². The average molecular weight is 278 g/mol. The van der Waals surface area contributed by atoms with Crippen LogP contribution in [0.5, 0.6) is 0 Å². The van der Waals surface area contributed by atoms with Crippen LogP contribution in [-0.2, 0) is 10.0 Å². The third-order valence-electron chi connectivity index (χ3n) is 2.46. The van der Waals surface area contributed by atoms with Crippen LogP contribution in [0.25, 0.3) is 0 Å². The first-order valence-electron chi connectivity index (χ1n) is 6.35. The first-order chi connectivity index (χ1) is 8.45. The first kappa shape index (κ1) is 17.2. The highest BCUT2D eigenvalue weighted by Crippen LogP contribution is 1.97. The van der Waals surface area contributed by atoms with Gasteiger partial charge in [-0.3, -0.25) is 4.99 Å². The number of sulfonamides is 1. The smallest absolute Gasteiger partial charge is 0.211 e. The van der Waals surface area contributed by atoms with Crippen molar-refractivity contribution >= 4 is 16.0 Å². The van der Waals surface area contributed by atoms with E-state index >= 15 is 0 Å². The molecule has 0 aliphatic carbocycles. The molecule has 0 unspecified atom stereocenters. The van der Waals surface area contributed by atoms with Crippen LogP contribution in [0.4, 0.5) is 0 Å². The van der Waals surface area contributed by atoms with Crippen LogP contribution >= 0.6 is 0 Å². The molecule has 0 aromatic carbocycles. The van der Waals surface area contributed by atoms with Crippen LogP contribution < -0.4 is 10.6 Å². The van der Waals surface area contributed by atoms with Gasteiger partial charge in [-0.2, -0.15) is 0 Å². The summed E-state index contributed by atoms with van der Waals surface area (Å²) in [6.45, 7) is 6.57. The first-order valence-corrected chi connectivity index (χ1v) is 8.20. The van der Waals surface area contributed by atoms with Crippen LogP contribution in [0.1, 0.15) is 26.7 Å². The van der Waals surface area contributed by atoms with E-state index in [0.717, 1.165) is 25.3 Å². The molecule has 0 aromatic rings. The van der Waals surface area contributed by atoms with Crippen molar-refractivity contribution in [2.75, 3.05) is 39.5 Å². The molecule has 0 aliphatic heterocycles. The van der Waals surface area contributed by atoms with Crippen molar-refractivity contribution in [3.05, 3.63) is 0 Å². The van der Waals surface area contributed by atoms with Gasteiger partial charge in [0, 0.05) is 33.2 Å². The van der Waals surface area contributed by atoms with Gasteiger partial charge >= 0.3 is 0 Å². The van der Waals surface area contributed by atoms with Crippen LogP contribution in [0.2, 0.25) is 0 Å². The maximum Gasteiger partial charge on any atom is 0.211 e. The topological polar surface area (TPSA) is 73.8 Å². The van der Waals surface area contributed by atoms with E-state index in [4.69, 9.17) is 0 Å². The molecule has 7 heteroatoms. The molecular weight excluding hydrogens is 252 g/mol. The molecule has 108 valence electrons. The molecular formula is C11H26N4O2S. The molecule has 0 heterocycles. The fourth-order valence-corrected chi connectivity index (χ4v) is 2.41. The van der Waals surface area contributed by atoms with Crippen LogP contribution in [-0.4, -0.2) is 58.2 Å². The molecule has 0 bridgehead atoms. The van der Waals surface area contributed by atoms with Gasteiger partial charge in [-0.25, -0.2) is 12.7 Å². The Kier molecular flexibility index (Phi) is 8.74. The lowest BCUT2D eigenvalue weighted by molar-refractivity contribution is 0.424. The number of nitrogens with zero attached hydrogens (tertiary/aromatic N) is 2. The zero-order valence-electron chi connectivity index (χ0n) is 11.9. The maximum absolute atomic E-state index is 11.4. The average Bonchev–Trinajstić information content (AvgIpc) is 2.31. The monoisotopic (exact) mass is 278 g/mol. The zero-order chi connectivity index (χ0) is 14.0. The minimum atomic E-state index is -3.08. The molecule has 0 spiro atoms. The number of rotatable bonds is 8. The van der Waals surface area contributed by atoms with Gasteiger partial charge in [0.05, 0.1) is 6.26 Å². The fourth-order valence-electron chi connectivity index (χ4n) is 1.48. The number of hydrogen-bond acceptors (Lipinski definition) is 3. The second-order valence-electron chi connectivity index (χ2n) is 4.03. The summed E-state index contributed by atoms with van der Waals surface area (Å²) in [5.41, 5.74) is 0. The number of nitrogens with one attached hydrogen (secondary N) is 2. The Hall–Kier alpha value is -0.820. The molecule has 0 saturated carbocycles. The Morgan fingerprint density at radius 3 is 2.28 bits per heavy atom. The Balaban J connectivity index is 3.91. The van der Waals surface area contributed by atoms with E-state index in [0.29, 0.717) is 19.6 Å². The summed E-state index contributed by atoms with van der Waals surface area (Å²) in [5.74, 6) is 0.763. The van der Waals surface area contributed by atoms with Crippen molar-refractivity contribution in [1.82, 2.24) is 14.9 Å². The van der Waals surface area contributed by atoms with Crippen molar-refractivity contribution in [3.63, 3.8) is 0 Å². The zero-order valence-corrected chi connectivity index (χ0v) is 12.7. The van der Waals surface area contributed by atoms with Gasteiger partial charge < -0.3 is 10.6 Å². The SMILES string of the molecule is CCCNC(=NC)NCCCN(CC)S(C)(=O)=O. The third-order valence-corrected chi connectivity index (χ3v) is 3.84. The lowest BCUT2D eigenvalue weighted by atomic mass is 10.4. The molecule has 0 amide bonds. The normalized spacial score (nSPS) is 12.8. The standard InChI is InChI=1S/C11H26N4O2S/c1-5-8-13-11(12-3)14-9-7-10-15(6-2)18(4,16)17/h5-10H2,1-4H3,(H2,12,13,14). The van der Waals surface area contributed by atoms with E-state index in [9.17, 15) is 8.42 Å². The summed E-state index contributed by atoms with van der Waals surface area (Å²) in [7, 11) is -1.35. The van der Waals surface area contributed by atoms with Gasteiger partial charge in [0.15, 0.2) is 5.96 Å². The lowest BCUT2D eigenvalue weighted by Gasteiger charge is -2.18. The summed E-state index contributed by atoms with van der Waals surface area (Å²) in [6, 6.07) is 0. The molecule has 0 fully saturated rings. The van der Waals surface area contributed by atoms with Crippen LogP contribution in [0.3, 0.4) is 0 Å². The molecule has 2 N–H and O–H groups in total. The van der Waals surface area contributed by atoms with Crippen molar-refractivity contribution in [2.45, 2.75) is 26.7 Å². The van der Waals surface area contributed by atoms with E-state index in [1.165, 1.54) is 10.6 Å².